The maximum absolute atomic E-state index is 13.7. The van der Waals surface area contributed by atoms with Crippen molar-refractivity contribution in [2.75, 3.05) is 0 Å². The highest BCUT2D eigenvalue weighted by Crippen LogP contribution is 2.42. The van der Waals surface area contributed by atoms with E-state index < -0.39 is 11.9 Å². The molecule has 0 spiro atoms. The maximum Gasteiger partial charge on any atom is 0.311 e. The third kappa shape index (κ3) is 9.62. The highest BCUT2D eigenvalue weighted by molar-refractivity contribution is 6.30. The molecule has 0 amide bonds. The molecule has 0 bridgehead atoms. The van der Waals surface area contributed by atoms with E-state index in [-0.39, 0.29) is 36.1 Å². The number of hydrogen-bond donors (Lipinski definition) is 1. The molecule has 2 aliphatic carbocycles. The van der Waals surface area contributed by atoms with Crippen LogP contribution in [-0.2, 0) is 14.3 Å². The molecule has 0 heterocycles. The molecule has 6 nitrogen and oxygen atoms in total. The minimum Gasteiger partial charge on any atom is -0.481 e. The molecular formula is C37H45ClO6. The van der Waals surface area contributed by atoms with Crippen LogP contribution in [-0.4, -0.2) is 28.6 Å². The van der Waals surface area contributed by atoms with Crippen molar-refractivity contribution in [1.29, 1.82) is 0 Å². The fourth-order valence-electron chi connectivity index (χ4n) is 6.60. The van der Waals surface area contributed by atoms with E-state index in [9.17, 15) is 19.2 Å². The predicted molar refractivity (Wildman–Crippen MR) is 172 cm³/mol. The molecule has 2 aliphatic rings. The molecule has 0 unspecified atom stereocenters. The first-order valence-corrected chi connectivity index (χ1v) is 16.8. The summed E-state index contributed by atoms with van der Waals surface area (Å²) < 4.78 is 5.76. The molecule has 2 aromatic rings. The Bertz CT molecular complexity index is 1320. The molecule has 0 atom stereocenters. The first-order valence-electron chi connectivity index (χ1n) is 16.5. The van der Waals surface area contributed by atoms with Crippen LogP contribution in [0.25, 0.3) is 0 Å². The van der Waals surface area contributed by atoms with Crippen molar-refractivity contribution >= 4 is 35.1 Å². The van der Waals surface area contributed by atoms with Gasteiger partial charge < -0.3 is 9.84 Å². The molecule has 4 rings (SSSR count). The maximum atomic E-state index is 13.7. The molecule has 1 fully saturated rings. The molecule has 0 aliphatic heterocycles. The van der Waals surface area contributed by atoms with Gasteiger partial charge in [0.2, 0.25) is 5.78 Å². The Morgan fingerprint density at radius 2 is 1.14 bits per heavy atom. The number of rotatable bonds is 17. The Hall–Kier alpha value is -3.25. The zero-order chi connectivity index (χ0) is 31.3. The summed E-state index contributed by atoms with van der Waals surface area (Å²) in [5.41, 5.74) is 2.30. The van der Waals surface area contributed by atoms with Crippen LogP contribution in [0.1, 0.15) is 141 Å². The van der Waals surface area contributed by atoms with Gasteiger partial charge >= 0.3 is 11.9 Å². The Balaban J connectivity index is 1.25. The lowest BCUT2D eigenvalue weighted by atomic mass is 9.72. The number of carbonyl (C=O) groups is 4. The number of ether oxygens (including phenoxy) is 1. The molecule has 236 valence electrons. The fourth-order valence-corrected chi connectivity index (χ4v) is 6.72. The van der Waals surface area contributed by atoms with Crippen LogP contribution in [0.5, 0.6) is 0 Å². The topological polar surface area (TPSA) is 97.7 Å². The second-order valence-electron chi connectivity index (χ2n) is 12.3. The van der Waals surface area contributed by atoms with Crippen LogP contribution in [0.4, 0.5) is 0 Å². The number of unbranched alkanes of at least 4 members (excludes halogenated alkanes) is 10. The number of fused-ring (bicyclic) bond motifs is 1. The molecule has 44 heavy (non-hydrogen) atoms. The second-order valence-corrected chi connectivity index (χ2v) is 12.7. The number of esters is 1. The van der Waals surface area contributed by atoms with E-state index in [0.717, 1.165) is 77.0 Å². The Morgan fingerprint density at radius 3 is 1.68 bits per heavy atom. The number of ketones is 2. The summed E-state index contributed by atoms with van der Waals surface area (Å²) in [4.78, 5) is 50.7. The summed E-state index contributed by atoms with van der Waals surface area (Å²) in [7, 11) is 0. The lowest BCUT2D eigenvalue weighted by molar-refractivity contribution is -0.139. The molecule has 1 saturated carbocycles. The zero-order valence-electron chi connectivity index (χ0n) is 25.7. The second kappa shape index (κ2) is 17.3. The summed E-state index contributed by atoms with van der Waals surface area (Å²) in [6.45, 7) is 0. The smallest absolute Gasteiger partial charge is 0.311 e. The number of benzene rings is 2. The molecule has 1 N–H and O–H groups in total. The zero-order valence-corrected chi connectivity index (χ0v) is 26.4. The average Bonchev–Trinajstić information content (AvgIpc) is 3.02. The fraction of sp³-hybridized carbons (Fsp3) is 0.514. The number of carboxylic acids is 1. The monoisotopic (exact) mass is 620 g/mol. The first kappa shape index (κ1) is 33.6. The molecule has 2 aromatic carbocycles. The van der Waals surface area contributed by atoms with Crippen LogP contribution < -0.4 is 0 Å². The van der Waals surface area contributed by atoms with Gasteiger partial charge in [-0.3, -0.25) is 19.2 Å². The standard InChI is InChI=1S/C37H45ClO6/c38-29-24-22-27(23-25-29)26-18-20-28(21-19-26)34-35(42)30-14-12-13-15-31(30)36(43)37(34)44-33(41)17-11-9-7-5-3-1-2-4-6-8-10-16-32(39)40/h12-15,22-26,28H,1-11,16-21H2,(H,39,40). The summed E-state index contributed by atoms with van der Waals surface area (Å²) in [6.07, 6.45) is 15.0. The van der Waals surface area contributed by atoms with Gasteiger partial charge in [0.15, 0.2) is 11.5 Å². The summed E-state index contributed by atoms with van der Waals surface area (Å²) in [6, 6.07) is 14.7. The van der Waals surface area contributed by atoms with Crippen LogP contribution in [0.15, 0.2) is 59.9 Å². The Kier molecular flexibility index (Phi) is 13.2. The highest BCUT2D eigenvalue weighted by Gasteiger charge is 2.39. The van der Waals surface area contributed by atoms with Crippen LogP contribution in [0.3, 0.4) is 0 Å². The van der Waals surface area contributed by atoms with E-state index in [1.807, 2.05) is 12.1 Å². The van der Waals surface area contributed by atoms with E-state index in [2.05, 4.69) is 12.1 Å². The van der Waals surface area contributed by atoms with Gasteiger partial charge in [-0.05, 0) is 68.1 Å². The third-order valence-electron chi connectivity index (χ3n) is 9.08. The highest BCUT2D eigenvalue weighted by atomic mass is 35.5. The number of allylic oxidation sites excluding steroid dienone is 2. The van der Waals surface area contributed by atoms with Crippen molar-refractivity contribution in [3.63, 3.8) is 0 Å². The van der Waals surface area contributed by atoms with Crippen molar-refractivity contribution < 1.29 is 29.0 Å². The van der Waals surface area contributed by atoms with Crippen molar-refractivity contribution in [2.45, 2.75) is 115 Å². The van der Waals surface area contributed by atoms with Crippen LogP contribution in [0, 0.1) is 5.92 Å². The van der Waals surface area contributed by atoms with Gasteiger partial charge in [-0.2, -0.15) is 0 Å². The van der Waals surface area contributed by atoms with Gasteiger partial charge in [0.05, 0.1) is 5.57 Å². The molecule has 0 aromatic heterocycles. The normalized spacial score (nSPS) is 18.3. The van der Waals surface area contributed by atoms with Gasteiger partial charge in [0.25, 0.3) is 0 Å². The van der Waals surface area contributed by atoms with Crippen LogP contribution in [0.2, 0.25) is 5.02 Å². The Morgan fingerprint density at radius 1 is 0.659 bits per heavy atom. The molecule has 0 radical (unpaired) electrons. The average molecular weight is 621 g/mol. The van der Waals surface area contributed by atoms with Gasteiger partial charge in [-0.25, -0.2) is 0 Å². The molecule has 0 saturated heterocycles. The minimum atomic E-state index is -0.716. The predicted octanol–water partition coefficient (Wildman–Crippen LogP) is 9.65. The summed E-state index contributed by atoms with van der Waals surface area (Å²) in [5.74, 6) is -1.55. The minimum absolute atomic E-state index is 0.0587. The third-order valence-corrected chi connectivity index (χ3v) is 9.33. The number of hydrogen-bond acceptors (Lipinski definition) is 5. The number of Topliss-reactive ketones (excluding diaryl/α,β-unsaturated/α-hetero) is 2. The van der Waals surface area contributed by atoms with E-state index >= 15 is 0 Å². The SMILES string of the molecule is O=C(O)CCCCCCCCCCCCCC(=O)OC1=C(C2CCC(c3ccc(Cl)cc3)CC2)C(=O)c2ccccc2C1=O. The number of carboxylic acid groups (broad SMARTS) is 1. The summed E-state index contributed by atoms with van der Waals surface area (Å²) >= 11 is 6.07. The van der Waals surface area contributed by atoms with Crippen molar-refractivity contribution in [2.24, 2.45) is 5.92 Å². The number of carbonyl (C=O) groups excluding carboxylic acids is 3. The van der Waals surface area contributed by atoms with E-state index in [0.29, 0.717) is 34.1 Å². The van der Waals surface area contributed by atoms with Gasteiger partial charge in [0.1, 0.15) is 0 Å². The number of halogens is 1. The van der Waals surface area contributed by atoms with E-state index in [4.69, 9.17) is 21.4 Å². The van der Waals surface area contributed by atoms with Crippen molar-refractivity contribution in [3.05, 3.63) is 81.6 Å². The molecule has 7 heteroatoms. The van der Waals surface area contributed by atoms with Crippen molar-refractivity contribution in [3.8, 4) is 0 Å². The lowest BCUT2D eigenvalue weighted by Crippen LogP contribution is -2.30. The van der Waals surface area contributed by atoms with E-state index in [1.54, 1.807) is 24.3 Å². The quantitative estimate of drug-likeness (QED) is 0.140. The molecular weight excluding hydrogens is 576 g/mol. The van der Waals surface area contributed by atoms with Gasteiger partial charge in [0, 0.05) is 29.0 Å². The van der Waals surface area contributed by atoms with Crippen molar-refractivity contribution in [1.82, 2.24) is 0 Å². The summed E-state index contributed by atoms with van der Waals surface area (Å²) in [5, 5.41) is 9.39. The number of aliphatic carboxylic acids is 1. The first-order chi connectivity index (χ1) is 21.3. The van der Waals surface area contributed by atoms with E-state index in [1.165, 1.54) is 18.4 Å². The Labute approximate surface area is 266 Å². The van der Waals surface area contributed by atoms with Gasteiger partial charge in [-0.1, -0.05) is 106 Å². The lowest BCUT2D eigenvalue weighted by Gasteiger charge is -2.32. The van der Waals surface area contributed by atoms with Crippen LogP contribution >= 0.6 is 11.6 Å². The largest absolute Gasteiger partial charge is 0.481 e. The van der Waals surface area contributed by atoms with Gasteiger partial charge in [-0.15, -0.1) is 0 Å².